The lowest BCUT2D eigenvalue weighted by Crippen LogP contribution is -2.30. The number of rotatable bonds is 6. The van der Waals surface area contributed by atoms with Crippen LogP contribution in [-0.4, -0.2) is 25.0 Å². The lowest BCUT2D eigenvalue weighted by atomic mass is 9.87. The molecule has 0 aliphatic heterocycles. The molecule has 1 amide bonds. The summed E-state index contributed by atoms with van der Waals surface area (Å²) < 4.78 is 5.07. The topological polar surface area (TPSA) is 55.4 Å². The van der Waals surface area contributed by atoms with Gasteiger partial charge in [0.25, 0.3) is 5.91 Å². The predicted octanol–water partition coefficient (Wildman–Crippen LogP) is 3.50. The highest BCUT2D eigenvalue weighted by molar-refractivity contribution is 5.91. The minimum absolute atomic E-state index is 0.0288. The number of amides is 1. The third-order valence-corrected chi connectivity index (χ3v) is 3.90. The van der Waals surface area contributed by atoms with Gasteiger partial charge in [-0.2, -0.15) is 0 Å². The first kappa shape index (κ1) is 18.7. The summed E-state index contributed by atoms with van der Waals surface area (Å²) in [5.41, 5.74) is 2.77. The van der Waals surface area contributed by atoms with Gasteiger partial charge in [0.1, 0.15) is 0 Å². The molecule has 0 saturated heterocycles. The van der Waals surface area contributed by atoms with Crippen molar-refractivity contribution < 1.29 is 14.3 Å². The maximum atomic E-state index is 12.0. The number of benzene rings is 2. The predicted molar refractivity (Wildman–Crippen MR) is 98.6 cm³/mol. The van der Waals surface area contributed by atoms with Crippen LogP contribution in [0.4, 0.5) is 0 Å². The molecule has 132 valence electrons. The number of nitrogens with one attached hydrogen (secondary N) is 1. The van der Waals surface area contributed by atoms with E-state index >= 15 is 0 Å². The number of ether oxygens (including phenoxy) is 1. The Hall–Kier alpha value is -2.62. The number of carbonyl (C=O) groups excluding carboxylic acids is 2. The van der Waals surface area contributed by atoms with Crippen molar-refractivity contribution >= 4 is 11.9 Å². The Morgan fingerprint density at radius 2 is 1.60 bits per heavy atom. The van der Waals surface area contributed by atoms with Gasteiger partial charge in [0.05, 0.1) is 5.56 Å². The smallest absolute Gasteiger partial charge is 0.338 e. The zero-order valence-corrected chi connectivity index (χ0v) is 15.0. The highest BCUT2D eigenvalue weighted by atomic mass is 16.5. The van der Waals surface area contributed by atoms with Gasteiger partial charge in [-0.05, 0) is 35.1 Å². The Balaban J connectivity index is 1.74. The van der Waals surface area contributed by atoms with Crippen molar-refractivity contribution in [2.45, 2.75) is 32.6 Å². The van der Waals surface area contributed by atoms with Crippen LogP contribution < -0.4 is 5.32 Å². The Kier molecular flexibility index (Phi) is 6.34. The molecule has 0 atom stereocenters. The molecule has 1 N–H and O–H groups in total. The van der Waals surface area contributed by atoms with Crippen molar-refractivity contribution in [1.29, 1.82) is 0 Å². The molecule has 0 heterocycles. The molecular formula is C21H25NO3. The van der Waals surface area contributed by atoms with E-state index < -0.39 is 5.97 Å². The number of carbonyl (C=O) groups is 2. The van der Waals surface area contributed by atoms with Crippen molar-refractivity contribution in [3.8, 4) is 0 Å². The SMILES string of the molecule is CC(C)(C)c1ccc(C(=O)OCC(=O)NCCc2ccccc2)cc1. The molecule has 0 spiro atoms. The molecule has 0 aromatic heterocycles. The minimum atomic E-state index is -0.487. The van der Waals surface area contributed by atoms with E-state index in [1.807, 2.05) is 42.5 Å². The first-order chi connectivity index (χ1) is 11.9. The van der Waals surface area contributed by atoms with Crippen LogP contribution >= 0.6 is 0 Å². The Morgan fingerprint density at radius 3 is 2.20 bits per heavy atom. The summed E-state index contributed by atoms with van der Waals surface area (Å²) in [4.78, 5) is 23.8. The van der Waals surface area contributed by atoms with E-state index in [2.05, 4.69) is 26.1 Å². The normalized spacial score (nSPS) is 11.0. The van der Waals surface area contributed by atoms with Crippen molar-refractivity contribution in [1.82, 2.24) is 5.32 Å². The number of hydrogen-bond acceptors (Lipinski definition) is 3. The third-order valence-electron chi connectivity index (χ3n) is 3.90. The lowest BCUT2D eigenvalue weighted by molar-refractivity contribution is -0.124. The fraction of sp³-hybridized carbons (Fsp3) is 0.333. The highest BCUT2D eigenvalue weighted by Crippen LogP contribution is 2.22. The molecule has 0 unspecified atom stereocenters. The van der Waals surface area contributed by atoms with Crippen molar-refractivity contribution in [3.63, 3.8) is 0 Å². The van der Waals surface area contributed by atoms with Gasteiger partial charge in [0, 0.05) is 6.54 Å². The van der Waals surface area contributed by atoms with E-state index in [4.69, 9.17) is 4.74 Å². The van der Waals surface area contributed by atoms with Crippen LogP contribution in [0.5, 0.6) is 0 Å². The molecule has 4 nitrogen and oxygen atoms in total. The van der Waals surface area contributed by atoms with Crippen LogP contribution in [0.15, 0.2) is 54.6 Å². The average Bonchev–Trinajstić information content (AvgIpc) is 2.60. The van der Waals surface area contributed by atoms with Crippen molar-refractivity contribution in [2.75, 3.05) is 13.2 Å². The molecule has 25 heavy (non-hydrogen) atoms. The molecule has 2 aromatic carbocycles. The zero-order valence-electron chi connectivity index (χ0n) is 15.0. The highest BCUT2D eigenvalue weighted by Gasteiger charge is 2.15. The molecule has 0 saturated carbocycles. The van der Waals surface area contributed by atoms with Gasteiger partial charge < -0.3 is 10.1 Å². The molecule has 0 aliphatic rings. The van der Waals surface area contributed by atoms with Gasteiger partial charge in [-0.25, -0.2) is 4.79 Å². The molecule has 2 aromatic rings. The second kappa shape index (κ2) is 8.47. The van der Waals surface area contributed by atoms with Gasteiger partial charge in [0.2, 0.25) is 0 Å². The largest absolute Gasteiger partial charge is 0.452 e. The van der Waals surface area contributed by atoms with Crippen molar-refractivity contribution in [3.05, 3.63) is 71.3 Å². The molecule has 4 heteroatoms. The third kappa shape index (κ3) is 6.07. The fourth-order valence-electron chi connectivity index (χ4n) is 2.36. The lowest BCUT2D eigenvalue weighted by Gasteiger charge is -2.18. The van der Waals surface area contributed by atoms with Gasteiger partial charge in [-0.15, -0.1) is 0 Å². The van der Waals surface area contributed by atoms with E-state index in [0.717, 1.165) is 17.5 Å². The summed E-state index contributed by atoms with van der Waals surface area (Å²) in [6.07, 6.45) is 0.745. The van der Waals surface area contributed by atoms with Crippen LogP contribution in [-0.2, 0) is 21.4 Å². The maximum absolute atomic E-state index is 12.0. The standard InChI is InChI=1S/C21H25NO3/c1-21(2,3)18-11-9-17(10-12-18)20(24)25-15-19(23)22-14-13-16-7-5-4-6-8-16/h4-12H,13-15H2,1-3H3,(H,22,23). The molecule has 0 bridgehead atoms. The summed E-state index contributed by atoms with van der Waals surface area (Å²) >= 11 is 0. The van der Waals surface area contributed by atoms with Gasteiger partial charge >= 0.3 is 5.97 Å². The van der Waals surface area contributed by atoms with Crippen LogP contribution in [0.3, 0.4) is 0 Å². The van der Waals surface area contributed by atoms with E-state index in [-0.39, 0.29) is 17.9 Å². The summed E-state index contributed by atoms with van der Waals surface area (Å²) in [6.45, 7) is 6.58. The average molecular weight is 339 g/mol. The summed E-state index contributed by atoms with van der Waals surface area (Å²) in [6, 6.07) is 17.2. The second-order valence-corrected chi connectivity index (χ2v) is 6.99. The van der Waals surface area contributed by atoms with E-state index in [1.54, 1.807) is 12.1 Å². The Labute approximate surface area is 149 Å². The molecular weight excluding hydrogens is 314 g/mol. The summed E-state index contributed by atoms with van der Waals surface area (Å²) in [7, 11) is 0. The Bertz CT molecular complexity index is 700. The number of hydrogen-bond donors (Lipinski definition) is 1. The van der Waals surface area contributed by atoms with Crippen LogP contribution in [0.25, 0.3) is 0 Å². The van der Waals surface area contributed by atoms with Gasteiger partial charge in [-0.1, -0.05) is 63.2 Å². The van der Waals surface area contributed by atoms with Gasteiger partial charge in [0.15, 0.2) is 6.61 Å². The molecule has 0 aliphatic carbocycles. The zero-order chi connectivity index (χ0) is 18.3. The summed E-state index contributed by atoms with van der Waals surface area (Å²) in [5, 5.41) is 2.75. The minimum Gasteiger partial charge on any atom is -0.452 e. The first-order valence-corrected chi connectivity index (χ1v) is 8.44. The quantitative estimate of drug-likeness (QED) is 0.820. The van der Waals surface area contributed by atoms with Gasteiger partial charge in [-0.3, -0.25) is 4.79 Å². The monoisotopic (exact) mass is 339 g/mol. The van der Waals surface area contributed by atoms with Crippen molar-refractivity contribution in [2.24, 2.45) is 0 Å². The van der Waals surface area contributed by atoms with Crippen LogP contribution in [0, 0.1) is 0 Å². The molecule has 0 fully saturated rings. The van der Waals surface area contributed by atoms with E-state index in [1.165, 1.54) is 0 Å². The van der Waals surface area contributed by atoms with E-state index in [9.17, 15) is 9.59 Å². The Morgan fingerprint density at radius 1 is 0.960 bits per heavy atom. The van der Waals surface area contributed by atoms with Crippen LogP contribution in [0.2, 0.25) is 0 Å². The number of esters is 1. The second-order valence-electron chi connectivity index (χ2n) is 6.99. The molecule has 2 rings (SSSR count). The maximum Gasteiger partial charge on any atom is 0.338 e. The molecule has 0 radical (unpaired) electrons. The van der Waals surface area contributed by atoms with E-state index in [0.29, 0.717) is 12.1 Å². The summed E-state index contributed by atoms with van der Waals surface area (Å²) in [5.74, 6) is -0.783. The fourth-order valence-corrected chi connectivity index (χ4v) is 2.36. The van der Waals surface area contributed by atoms with Crippen LogP contribution in [0.1, 0.15) is 42.3 Å². The first-order valence-electron chi connectivity index (χ1n) is 8.44.